The summed E-state index contributed by atoms with van der Waals surface area (Å²) in [6, 6.07) is 15.8. The van der Waals surface area contributed by atoms with Crippen LogP contribution in [0.4, 0.5) is 13.2 Å². The van der Waals surface area contributed by atoms with Crippen LogP contribution in [0.3, 0.4) is 0 Å². The second kappa shape index (κ2) is 8.83. The van der Waals surface area contributed by atoms with Crippen molar-refractivity contribution < 1.29 is 22.7 Å². The molecule has 5 rings (SSSR count). The van der Waals surface area contributed by atoms with E-state index in [1.807, 2.05) is 31.3 Å². The maximum absolute atomic E-state index is 13.5. The molecule has 2 unspecified atom stereocenters. The Morgan fingerprint density at radius 1 is 1.06 bits per heavy atom. The van der Waals surface area contributed by atoms with Gasteiger partial charge in [0.05, 0.1) is 11.6 Å². The summed E-state index contributed by atoms with van der Waals surface area (Å²) in [5, 5.41) is 2.74. The molecule has 1 aromatic heterocycles. The summed E-state index contributed by atoms with van der Waals surface area (Å²) in [6.45, 7) is 3.43. The van der Waals surface area contributed by atoms with Crippen LogP contribution in [-0.4, -0.2) is 28.1 Å². The number of rotatable bonds is 2. The Morgan fingerprint density at radius 2 is 1.91 bits per heavy atom. The van der Waals surface area contributed by atoms with Gasteiger partial charge in [0.1, 0.15) is 5.75 Å². The highest BCUT2D eigenvalue weighted by atomic mass is 19.4. The first-order chi connectivity index (χ1) is 16.3. The molecule has 3 heterocycles. The van der Waals surface area contributed by atoms with Crippen molar-refractivity contribution in [3.63, 3.8) is 0 Å². The van der Waals surface area contributed by atoms with E-state index in [0.29, 0.717) is 18.5 Å². The minimum Gasteiger partial charge on any atom is -0.475 e. The van der Waals surface area contributed by atoms with Crippen LogP contribution in [-0.2, 0) is 24.1 Å². The third-order valence-electron chi connectivity index (χ3n) is 6.48. The fourth-order valence-electron chi connectivity index (χ4n) is 4.90. The smallest absolute Gasteiger partial charge is 0.416 e. The quantitative estimate of drug-likeness (QED) is 0.572. The zero-order chi connectivity index (χ0) is 23.9. The van der Waals surface area contributed by atoms with Gasteiger partial charge in [-0.05, 0) is 48.4 Å². The van der Waals surface area contributed by atoms with Crippen molar-refractivity contribution in [2.24, 2.45) is 0 Å². The fraction of sp³-hybridized carbons (Fsp3) is 0.346. The van der Waals surface area contributed by atoms with E-state index in [1.54, 1.807) is 6.07 Å². The van der Waals surface area contributed by atoms with Crippen molar-refractivity contribution in [1.29, 1.82) is 0 Å². The second-order valence-corrected chi connectivity index (χ2v) is 8.93. The van der Waals surface area contributed by atoms with Gasteiger partial charge in [0.2, 0.25) is 5.91 Å². The molecule has 0 saturated heterocycles. The third kappa shape index (κ3) is 4.55. The fourth-order valence-corrected chi connectivity index (χ4v) is 4.90. The van der Waals surface area contributed by atoms with Gasteiger partial charge in [-0.3, -0.25) is 9.69 Å². The van der Waals surface area contributed by atoms with E-state index in [0.717, 1.165) is 35.5 Å². The highest BCUT2D eigenvalue weighted by Crippen LogP contribution is 2.37. The second-order valence-electron chi connectivity index (χ2n) is 8.93. The predicted molar refractivity (Wildman–Crippen MR) is 121 cm³/mol. The number of aromatic nitrogens is 1. The maximum Gasteiger partial charge on any atom is 0.416 e. The van der Waals surface area contributed by atoms with Crippen molar-refractivity contribution in [3.8, 4) is 5.75 Å². The van der Waals surface area contributed by atoms with E-state index in [1.165, 1.54) is 0 Å². The largest absolute Gasteiger partial charge is 0.475 e. The molecule has 1 amide bonds. The van der Waals surface area contributed by atoms with Gasteiger partial charge in [-0.2, -0.15) is 13.2 Å². The van der Waals surface area contributed by atoms with E-state index in [-0.39, 0.29) is 30.7 Å². The molecular weight excluding hydrogens is 443 g/mol. The molecule has 2 aliphatic rings. The number of nitrogens with one attached hydrogen (secondary N) is 1. The van der Waals surface area contributed by atoms with Gasteiger partial charge in [-0.25, -0.2) is 0 Å². The van der Waals surface area contributed by atoms with Gasteiger partial charge >= 0.3 is 6.18 Å². The molecule has 0 radical (unpaired) electrons. The number of halogens is 3. The van der Waals surface area contributed by atoms with Crippen LogP contribution >= 0.6 is 0 Å². The lowest BCUT2D eigenvalue weighted by molar-refractivity contribution is -0.137. The summed E-state index contributed by atoms with van der Waals surface area (Å²) < 4.78 is 49.1. The van der Waals surface area contributed by atoms with Gasteiger partial charge in [-0.15, -0.1) is 0 Å². The first-order valence-electron chi connectivity index (χ1n) is 11.4. The zero-order valence-electron chi connectivity index (χ0n) is 18.8. The molecular formula is C26H26F3N3O2. The molecule has 178 valence electrons. The maximum atomic E-state index is 13.5. The van der Waals surface area contributed by atoms with Crippen LogP contribution in [0.5, 0.6) is 5.75 Å². The number of nitrogens with zero attached hydrogens (tertiary/aromatic N) is 2. The molecule has 2 aliphatic heterocycles. The first kappa shape index (κ1) is 22.5. The highest BCUT2D eigenvalue weighted by molar-refractivity contribution is 5.75. The summed E-state index contributed by atoms with van der Waals surface area (Å²) in [6.07, 6.45) is -2.46. The van der Waals surface area contributed by atoms with E-state index in [4.69, 9.17) is 4.74 Å². The number of fused-ring (bicyclic) bond motifs is 3. The average Bonchev–Trinajstić information content (AvgIpc) is 3.27. The van der Waals surface area contributed by atoms with Crippen LogP contribution in [0, 0.1) is 6.92 Å². The molecule has 2 atom stereocenters. The molecule has 1 N–H and O–H groups in total. The predicted octanol–water partition coefficient (Wildman–Crippen LogP) is 5.04. The number of carbonyl (C=O) groups excluding carboxylic acids is 1. The topological polar surface area (TPSA) is 46.5 Å². The lowest BCUT2D eigenvalue weighted by Crippen LogP contribution is -2.48. The third-order valence-corrected chi connectivity index (χ3v) is 6.48. The average molecular weight is 470 g/mol. The minimum atomic E-state index is -4.51. The van der Waals surface area contributed by atoms with Crippen molar-refractivity contribution in [3.05, 3.63) is 88.7 Å². The van der Waals surface area contributed by atoms with Gasteiger partial charge in [-0.1, -0.05) is 29.8 Å². The zero-order valence-corrected chi connectivity index (χ0v) is 18.8. The summed E-state index contributed by atoms with van der Waals surface area (Å²) in [5.74, 6) is -0.0446. The SMILES string of the molecule is Cc1cccc(C2c3cccn3CCN2C2CCC(=O)NCc3cc(cc(C(F)(F)F)c3)O2)c1. The van der Waals surface area contributed by atoms with Gasteiger partial charge in [0.25, 0.3) is 0 Å². The van der Waals surface area contributed by atoms with Crippen LogP contribution in [0.25, 0.3) is 0 Å². The number of hydrogen-bond donors (Lipinski definition) is 1. The van der Waals surface area contributed by atoms with E-state index in [2.05, 4.69) is 33.0 Å². The van der Waals surface area contributed by atoms with Gasteiger partial charge in [0, 0.05) is 44.4 Å². The Hall–Kier alpha value is -3.26. The molecule has 0 spiro atoms. The Morgan fingerprint density at radius 3 is 2.71 bits per heavy atom. The van der Waals surface area contributed by atoms with Crippen LogP contribution in [0.15, 0.2) is 60.8 Å². The molecule has 0 fully saturated rings. The number of benzene rings is 2. The van der Waals surface area contributed by atoms with Gasteiger partial charge in [0.15, 0.2) is 6.23 Å². The van der Waals surface area contributed by atoms with Gasteiger partial charge < -0.3 is 14.6 Å². The van der Waals surface area contributed by atoms with E-state index >= 15 is 0 Å². The number of hydrogen-bond acceptors (Lipinski definition) is 3. The normalized spacial score (nSPS) is 21.4. The van der Waals surface area contributed by atoms with Crippen LogP contribution in [0.2, 0.25) is 0 Å². The Bertz CT molecular complexity index is 1200. The monoisotopic (exact) mass is 469 g/mol. The summed E-state index contributed by atoms with van der Waals surface area (Å²) in [5.41, 5.74) is 2.87. The molecule has 2 bridgehead atoms. The number of carbonyl (C=O) groups is 1. The number of ether oxygens (including phenoxy) is 1. The minimum absolute atomic E-state index is 0.0346. The number of amides is 1. The standard InChI is InChI=1S/C26H26F3N3O2/c1-17-4-2-5-19(12-17)25-22-6-3-9-31(22)10-11-32(25)24-8-7-23(33)30-16-18-13-20(26(27,28)29)15-21(14-18)34-24/h2-6,9,12-15,24-25H,7-8,10-11,16H2,1H3,(H,30,33). The number of aryl methyl sites for hydroxylation is 1. The molecule has 3 aromatic rings. The molecule has 0 aliphatic carbocycles. The number of alkyl halides is 3. The molecule has 8 heteroatoms. The van der Waals surface area contributed by atoms with E-state index in [9.17, 15) is 18.0 Å². The Labute approximate surface area is 196 Å². The highest BCUT2D eigenvalue weighted by Gasteiger charge is 2.36. The molecule has 5 nitrogen and oxygen atoms in total. The van der Waals surface area contributed by atoms with E-state index < -0.39 is 18.0 Å². The summed E-state index contributed by atoms with van der Waals surface area (Å²) >= 11 is 0. The molecule has 34 heavy (non-hydrogen) atoms. The molecule has 0 saturated carbocycles. The lowest BCUT2D eigenvalue weighted by atomic mass is 9.97. The van der Waals surface area contributed by atoms with Crippen LogP contribution < -0.4 is 10.1 Å². The summed E-state index contributed by atoms with van der Waals surface area (Å²) in [7, 11) is 0. The van der Waals surface area contributed by atoms with Crippen molar-refractivity contribution in [2.45, 2.75) is 51.3 Å². The lowest BCUT2D eigenvalue weighted by Gasteiger charge is -2.42. The first-order valence-corrected chi connectivity index (χ1v) is 11.4. The van der Waals surface area contributed by atoms with Crippen molar-refractivity contribution in [2.75, 3.05) is 6.54 Å². The Balaban J connectivity index is 1.56. The van der Waals surface area contributed by atoms with Crippen molar-refractivity contribution in [1.82, 2.24) is 14.8 Å². The Kier molecular flexibility index (Phi) is 5.85. The van der Waals surface area contributed by atoms with Crippen molar-refractivity contribution >= 4 is 5.91 Å². The van der Waals surface area contributed by atoms with Crippen LogP contribution in [0.1, 0.15) is 46.8 Å². The molecule has 2 aromatic carbocycles. The summed E-state index contributed by atoms with van der Waals surface area (Å²) in [4.78, 5) is 14.6.